The van der Waals surface area contributed by atoms with Gasteiger partial charge in [-0.1, -0.05) is 11.8 Å². The van der Waals surface area contributed by atoms with Crippen LogP contribution in [-0.4, -0.2) is 11.9 Å². The number of carbonyl (C=O) groups is 2. The number of carbonyl (C=O) groups excluding carboxylic acids is 2. The van der Waals surface area contributed by atoms with Crippen LogP contribution in [0.5, 0.6) is 0 Å². The average molecular weight is 220 g/mol. The summed E-state index contributed by atoms with van der Waals surface area (Å²) in [5.41, 5.74) is 0. The summed E-state index contributed by atoms with van der Waals surface area (Å²) in [7, 11) is 0. The van der Waals surface area contributed by atoms with Crippen LogP contribution in [0.4, 0.5) is 0 Å². The minimum atomic E-state index is -1.07. The third kappa shape index (κ3) is 12.1. The van der Waals surface area contributed by atoms with Crippen LogP contribution in [0.1, 0.15) is 38.5 Å². The molecule has 4 nitrogen and oxygen atoms in total. The molecule has 0 atom stereocenters. The number of carboxylic acid groups (broad SMARTS) is 2. The fourth-order valence-corrected chi connectivity index (χ4v) is 0.856. The zero-order chi connectivity index (χ0) is 12.2. The zero-order valence-electron chi connectivity index (χ0n) is 8.88. The lowest BCUT2D eigenvalue weighted by Gasteiger charge is -1.95. The molecular formula is C12H12O4-2. The zero-order valence-corrected chi connectivity index (χ0v) is 8.88. The van der Waals surface area contributed by atoms with Crippen molar-refractivity contribution >= 4 is 11.9 Å². The number of carboxylic acids is 2. The van der Waals surface area contributed by atoms with Gasteiger partial charge in [0.25, 0.3) is 0 Å². The molecule has 0 aromatic heterocycles. The molecule has 16 heavy (non-hydrogen) atoms. The molecule has 0 aliphatic carbocycles. The van der Waals surface area contributed by atoms with E-state index in [0.29, 0.717) is 25.7 Å². The van der Waals surface area contributed by atoms with Crippen LogP contribution in [0.25, 0.3) is 0 Å². The van der Waals surface area contributed by atoms with E-state index in [1.54, 1.807) is 0 Å². The lowest BCUT2D eigenvalue weighted by molar-refractivity contribution is -0.307. The molecule has 0 spiro atoms. The minimum absolute atomic E-state index is 0.00766. The molecule has 0 saturated heterocycles. The van der Waals surface area contributed by atoms with Crippen LogP contribution in [0.2, 0.25) is 0 Å². The van der Waals surface area contributed by atoms with Crippen LogP contribution in [-0.2, 0) is 9.59 Å². The Labute approximate surface area is 94.7 Å². The summed E-state index contributed by atoms with van der Waals surface area (Å²) in [5.74, 6) is 8.37. The summed E-state index contributed by atoms with van der Waals surface area (Å²) in [6.45, 7) is 0. The van der Waals surface area contributed by atoms with Gasteiger partial charge < -0.3 is 19.8 Å². The van der Waals surface area contributed by atoms with Crippen molar-refractivity contribution < 1.29 is 19.8 Å². The Morgan fingerprint density at radius 1 is 0.812 bits per heavy atom. The van der Waals surface area contributed by atoms with Gasteiger partial charge in [-0.25, -0.2) is 0 Å². The van der Waals surface area contributed by atoms with Gasteiger partial charge in [-0.15, -0.1) is 0 Å². The first kappa shape index (κ1) is 14.1. The fourth-order valence-electron chi connectivity index (χ4n) is 0.856. The van der Waals surface area contributed by atoms with Crippen LogP contribution in [0.3, 0.4) is 0 Å². The van der Waals surface area contributed by atoms with Crippen molar-refractivity contribution in [2.75, 3.05) is 0 Å². The van der Waals surface area contributed by atoms with Gasteiger partial charge in [0.1, 0.15) is 0 Å². The molecule has 86 valence electrons. The quantitative estimate of drug-likeness (QED) is 0.417. The highest BCUT2D eigenvalue weighted by atomic mass is 16.4. The maximum atomic E-state index is 10.0. The van der Waals surface area contributed by atoms with E-state index in [2.05, 4.69) is 23.7 Å². The normalized spacial score (nSPS) is 8.25. The van der Waals surface area contributed by atoms with Gasteiger partial charge in [-0.05, 0) is 37.5 Å². The van der Waals surface area contributed by atoms with Crippen LogP contribution in [0, 0.1) is 23.7 Å². The fraction of sp³-hybridized carbons (Fsp3) is 0.500. The molecule has 0 N–H and O–H groups in total. The highest BCUT2D eigenvalue weighted by molar-refractivity contribution is 5.64. The molecule has 0 aromatic carbocycles. The molecule has 0 aromatic rings. The summed E-state index contributed by atoms with van der Waals surface area (Å²) < 4.78 is 0. The third-order valence-corrected chi connectivity index (χ3v) is 1.60. The SMILES string of the molecule is O=C([O-])CCCC#CC#CCCCC(=O)[O-]. The number of hydrogen-bond acceptors (Lipinski definition) is 4. The van der Waals surface area contributed by atoms with Crippen molar-refractivity contribution in [2.45, 2.75) is 38.5 Å². The topological polar surface area (TPSA) is 80.3 Å². The van der Waals surface area contributed by atoms with Crippen LogP contribution >= 0.6 is 0 Å². The monoisotopic (exact) mass is 220 g/mol. The van der Waals surface area contributed by atoms with Gasteiger partial charge in [0.2, 0.25) is 0 Å². The van der Waals surface area contributed by atoms with Gasteiger partial charge in [-0.3, -0.25) is 0 Å². The van der Waals surface area contributed by atoms with Gasteiger partial charge in [0, 0.05) is 24.8 Å². The summed E-state index contributed by atoms with van der Waals surface area (Å²) in [4.78, 5) is 20.0. The highest BCUT2D eigenvalue weighted by Gasteiger charge is 1.84. The third-order valence-electron chi connectivity index (χ3n) is 1.60. The standard InChI is InChI=1S/C12H14O4/c13-11(14)9-7-5-3-1-2-4-6-8-10-12(15)16/h5-10H2,(H,13,14)(H,15,16)/p-2. The molecule has 0 saturated carbocycles. The Hall–Kier alpha value is -1.94. The summed E-state index contributed by atoms with van der Waals surface area (Å²) in [6, 6.07) is 0. The highest BCUT2D eigenvalue weighted by Crippen LogP contribution is 1.92. The number of hydrogen-bond donors (Lipinski definition) is 0. The molecule has 4 heteroatoms. The van der Waals surface area contributed by atoms with Crippen molar-refractivity contribution in [2.24, 2.45) is 0 Å². The van der Waals surface area contributed by atoms with E-state index < -0.39 is 11.9 Å². The molecular weight excluding hydrogens is 208 g/mol. The van der Waals surface area contributed by atoms with E-state index in [1.807, 2.05) is 0 Å². The molecule has 0 heterocycles. The Bertz CT molecular complexity index is 313. The van der Waals surface area contributed by atoms with E-state index in [9.17, 15) is 19.8 Å². The van der Waals surface area contributed by atoms with Gasteiger partial charge in [-0.2, -0.15) is 0 Å². The molecule has 0 unspecified atom stereocenters. The summed E-state index contributed by atoms with van der Waals surface area (Å²) in [6.07, 6.45) is 1.88. The number of unbranched alkanes of at least 4 members (excludes halogenated alkanes) is 2. The van der Waals surface area contributed by atoms with Crippen LogP contribution < -0.4 is 10.2 Å². The van der Waals surface area contributed by atoms with E-state index in [1.165, 1.54) is 0 Å². The Balaban J connectivity index is 3.48. The minimum Gasteiger partial charge on any atom is -0.550 e. The molecule has 0 amide bonds. The average Bonchev–Trinajstić information content (AvgIpc) is 2.20. The summed E-state index contributed by atoms with van der Waals surface area (Å²) >= 11 is 0. The molecule has 0 aliphatic heterocycles. The second kappa shape index (κ2) is 9.61. The Morgan fingerprint density at radius 3 is 1.50 bits per heavy atom. The lowest BCUT2D eigenvalue weighted by Crippen LogP contribution is -2.21. The molecule has 0 bridgehead atoms. The first-order valence-electron chi connectivity index (χ1n) is 4.98. The van der Waals surface area contributed by atoms with Crippen molar-refractivity contribution in [3.05, 3.63) is 0 Å². The van der Waals surface area contributed by atoms with Gasteiger partial charge in [0.15, 0.2) is 0 Å². The molecule has 0 aliphatic rings. The number of rotatable bonds is 6. The van der Waals surface area contributed by atoms with Crippen molar-refractivity contribution in [3.63, 3.8) is 0 Å². The lowest BCUT2D eigenvalue weighted by atomic mass is 10.2. The Kier molecular flexibility index (Phi) is 8.44. The smallest absolute Gasteiger partial charge is 0.0414 e. The van der Waals surface area contributed by atoms with Gasteiger partial charge in [0.05, 0.1) is 0 Å². The first-order valence-corrected chi connectivity index (χ1v) is 4.98. The second-order valence-corrected chi connectivity index (χ2v) is 3.05. The predicted molar refractivity (Wildman–Crippen MR) is 53.3 cm³/mol. The molecule has 0 rings (SSSR count). The molecule has 0 fully saturated rings. The van der Waals surface area contributed by atoms with Crippen molar-refractivity contribution in [3.8, 4) is 23.7 Å². The van der Waals surface area contributed by atoms with E-state index in [-0.39, 0.29) is 12.8 Å². The largest absolute Gasteiger partial charge is 0.550 e. The van der Waals surface area contributed by atoms with Crippen molar-refractivity contribution in [1.82, 2.24) is 0 Å². The van der Waals surface area contributed by atoms with Gasteiger partial charge >= 0.3 is 0 Å². The van der Waals surface area contributed by atoms with Crippen molar-refractivity contribution in [1.29, 1.82) is 0 Å². The molecule has 0 radical (unpaired) electrons. The second-order valence-electron chi connectivity index (χ2n) is 3.05. The Morgan fingerprint density at radius 2 is 1.19 bits per heavy atom. The van der Waals surface area contributed by atoms with E-state index >= 15 is 0 Å². The predicted octanol–water partition coefficient (Wildman–Crippen LogP) is -1.17. The van der Waals surface area contributed by atoms with Crippen LogP contribution in [0.15, 0.2) is 0 Å². The maximum absolute atomic E-state index is 10.0. The van der Waals surface area contributed by atoms with E-state index in [0.717, 1.165) is 0 Å². The van der Waals surface area contributed by atoms with E-state index in [4.69, 9.17) is 0 Å². The first-order chi connectivity index (χ1) is 7.63. The maximum Gasteiger partial charge on any atom is 0.0414 e. The summed E-state index contributed by atoms with van der Waals surface area (Å²) in [5, 5.41) is 20.0. The number of aliphatic carboxylic acids is 2.